The van der Waals surface area contributed by atoms with Crippen LogP contribution in [0.1, 0.15) is 17.3 Å². The molecule has 2 aromatic carbocycles. The minimum Gasteiger partial charge on any atom is -0.480 e. The molecule has 0 aliphatic rings. The van der Waals surface area contributed by atoms with Crippen LogP contribution < -0.4 is 15.8 Å². The molecule has 0 aliphatic carbocycles. The Hall–Kier alpha value is -2.96. The Kier molecular flexibility index (Phi) is 4.90. The molecular weight excluding hydrogens is 306 g/mol. The zero-order valence-corrected chi connectivity index (χ0v) is 12.2. The predicted molar refractivity (Wildman–Crippen MR) is 80.0 cm³/mol. The van der Waals surface area contributed by atoms with E-state index in [1.165, 1.54) is 25.1 Å². The fraction of sp³-hybridized carbons (Fsp3) is 0.125. The van der Waals surface area contributed by atoms with Gasteiger partial charge in [-0.3, -0.25) is 9.59 Å². The number of anilines is 1. The first-order valence-corrected chi connectivity index (χ1v) is 6.70. The Morgan fingerprint density at radius 1 is 1.13 bits per heavy atom. The van der Waals surface area contributed by atoms with Crippen LogP contribution in [0.2, 0.25) is 0 Å². The summed E-state index contributed by atoms with van der Waals surface area (Å²) in [6, 6.07) is 9.19. The van der Waals surface area contributed by atoms with Crippen molar-refractivity contribution < 1.29 is 23.1 Å². The highest BCUT2D eigenvalue weighted by Crippen LogP contribution is 2.19. The molecule has 0 saturated carbocycles. The van der Waals surface area contributed by atoms with Crippen LogP contribution >= 0.6 is 0 Å². The number of amides is 2. The monoisotopic (exact) mass is 320 g/mol. The van der Waals surface area contributed by atoms with Gasteiger partial charge in [0.05, 0.1) is 5.56 Å². The number of para-hydroxylation sites is 1. The van der Waals surface area contributed by atoms with Crippen molar-refractivity contribution in [3.05, 3.63) is 59.7 Å². The number of rotatable bonds is 5. The van der Waals surface area contributed by atoms with E-state index in [1.54, 1.807) is 12.1 Å². The van der Waals surface area contributed by atoms with Crippen molar-refractivity contribution in [1.82, 2.24) is 0 Å². The number of hydrogen-bond donors (Lipinski definition) is 2. The summed E-state index contributed by atoms with van der Waals surface area (Å²) >= 11 is 0. The number of nitrogens with one attached hydrogen (secondary N) is 1. The van der Waals surface area contributed by atoms with Crippen LogP contribution in [-0.2, 0) is 4.79 Å². The fourth-order valence-corrected chi connectivity index (χ4v) is 1.83. The molecule has 2 rings (SSSR count). The summed E-state index contributed by atoms with van der Waals surface area (Å²) in [6.07, 6.45) is -0.983. The summed E-state index contributed by atoms with van der Waals surface area (Å²) in [5.74, 6) is -3.20. The molecule has 2 amide bonds. The number of halogens is 2. The Labute approximate surface area is 131 Å². The minimum absolute atomic E-state index is 0.0903. The number of hydrogen-bond acceptors (Lipinski definition) is 3. The molecule has 3 N–H and O–H groups in total. The van der Waals surface area contributed by atoms with Gasteiger partial charge in [0, 0.05) is 11.8 Å². The molecule has 2 aromatic rings. The second-order valence-electron chi connectivity index (χ2n) is 4.74. The smallest absolute Gasteiger partial charge is 0.265 e. The van der Waals surface area contributed by atoms with E-state index in [9.17, 15) is 18.4 Å². The molecule has 0 bridgehead atoms. The lowest BCUT2D eigenvalue weighted by Crippen LogP contribution is -2.31. The van der Waals surface area contributed by atoms with Crippen LogP contribution in [0.25, 0.3) is 0 Å². The zero-order valence-electron chi connectivity index (χ0n) is 12.2. The van der Waals surface area contributed by atoms with Crippen molar-refractivity contribution in [2.45, 2.75) is 13.0 Å². The van der Waals surface area contributed by atoms with Crippen LogP contribution in [0.3, 0.4) is 0 Å². The first kappa shape index (κ1) is 16.4. The molecule has 1 unspecified atom stereocenters. The third-order valence-corrected chi connectivity index (χ3v) is 3.01. The van der Waals surface area contributed by atoms with Crippen molar-refractivity contribution in [1.29, 1.82) is 0 Å². The van der Waals surface area contributed by atoms with E-state index in [-0.39, 0.29) is 17.0 Å². The van der Waals surface area contributed by atoms with Crippen LogP contribution in [-0.4, -0.2) is 17.9 Å². The average Bonchev–Trinajstić information content (AvgIpc) is 2.51. The van der Waals surface area contributed by atoms with Gasteiger partial charge in [0.25, 0.3) is 11.8 Å². The first-order valence-electron chi connectivity index (χ1n) is 6.70. The molecule has 5 nitrogen and oxygen atoms in total. The number of primary amides is 1. The maximum absolute atomic E-state index is 13.1. The van der Waals surface area contributed by atoms with E-state index in [0.29, 0.717) is 0 Å². The Bertz CT molecular complexity index is 750. The molecule has 0 radical (unpaired) electrons. The normalized spacial score (nSPS) is 11.6. The molecule has 0 fully saturated rings. The maximum atomic E-state index is 13.1. The van der Waals surface area contributed by atoms with Gasteiger partial charge in [-0.05, 0) is 31.2 Å². The molecule has 0 saturated heterocycles. The Morgan fingerprint density at radius 2 is 1.83 bits per heavy atom. The summed E-state index contributed by atoms with van der Waals surface area (Å²) in [7, 11) is 0. The summed E-state index contributed by atoms with van der Waals surface area (Å²) < 4.78 is 31.4. The molecule has 23 heavy (non-hydrogen) atoms. The lowest BCUT2D eigenvalue weighted by Gasteiger charge is -2.16. The Balaban J connectivity index is 2.08. The van der Waals surface area contributed by atoms with Gasteiger partial charge in [-0.1, -0.05) is 12.1 Å². The number of carbonyl (C=O) groups is 2. The molecular formula is C16H14F2N2O3. The van der Waals surface area contributed by atoms with Crippen molar-refractivity contribution in [3.8, 4) is 5.75 Å². The highest BCUT2D eigenvalue weighted by atomic mass is 19.2. The van der Waals surface area contributed by atoms with Gasteiger partial charge in [-0.2, -0.15) is 0 Å². The standard InChI is InChI=1S/C16H14F2N2O3/c1-9(23-14-5-3-2-4-11(14)15(19)21)16(22)20-10-6-7-12(17)13(18)8-10/h2-9H,1H3,(H2,19,21)(H,20,22). The number of benzene rings is 2. The van der Waals surface area contributed by atoms with Crippen LogP contribution in [0.15, 0.2) is 42.5 Å². The first-order chi connectivity index (χ1) is 10.9. The average molecular weight is 320 g/mol. The number of nitrogens with two attached hydrogens (primary N) is 1. The van der Waals surface area contributed by atoms with E-state index < -0.39 is 29.6 Å². The second kappa shape index (κ2) is 6.87. The SMILES string of the molecule is CC(Oc1ccccc1C(N)=O)C(=O)Nc1ccc(F)c(F)c1. The summed E-state index contributed by atoms with van der Waals surface area (Å²) in [4.78, 5) is 23.3. The molecule has 7 heteroatoms. The number of carbonyl (C=O) groups excluding carboxylic acids is 2. The van der Waals surface area contributed by atoms with Gasteiger partial charge in [0.2, 0.25) is 0 Å². The zero-order chi connectivity index (χ0) is 17.0. The van der Waals surface area contributed by atoms with E-state index in [4.69, 9.17) is 10.5 Å². The highest BCUT2D eigenvalue weighted by molar-refractivity contribution is 5.96. The van der Waals surface area contributed by atoms with Crippen molar-refractivity contribution in [3.63, 3.8) is 0 Å². The highest BCUT2D eigenvalue weighted by Gasteiger charge is 2.18. The minimum atomic E-state index is -1.07. The largest absolute Gasteiger partial charge is 0.480 e. The molecule has 0 aromatic heterocycles. The van der Waals surface area contributed by atoms with Crippen LogP contribution in [0.5, 0.6) is 5.75 Å². The van der Waals surface area contributed by atoms with Crippen LogP contribution in [0, 0.1) is 11.6 Å². The maximum Gasteiger partial charge on any atom is 0.265 e. The van der Waals surface area contributed by atoms with Gasteiger partial charge >= 0.3 is 0 Å². The molecule has 120 valence electrons. The number of ether oxygens (including phenoxy) is 1. The van der Waals surface area contributed by atoms with Crippen molar-refractivity contribution in [2.24, 2.45) is 5.73 Å². The predicted octanol–water partition coefficient (Wildman–Crippen LogP) is 2.47. The van der Waals surface area contributed by atoms with Gasteiger partial charge in [0.1, 0.15) is 5.75 Å². The second-order valence-corrected chi connectivity index (χ2v) is 4.74. The van der Waals surface area contributed by atoms with Gasteiger partial charge < -0.3 is 15.8 Å². The van der Waals surface area contributed by atoms with Crippen molar-refractivity contribution in [2.75, 3.05) is 5.32 Å². The van der Waals surface area contributed by atoms with Gasteiger partial charge in [-0.15, -0.1) is 0 Å². The fourth-order valence-electron chi connectivity index (χ4n) is 1.83. The lowest BCUT2D eigenvalue weighted by atomic mass is 10.2. The molecule has 0 heterocycles. The van der Waals surface area contributed by atoms with E-state index in [1.807, 2.05) is 0 Å². The topological polar surface area (TPSA) is 81.4 Å². The summed E-state index contributed by atoms with van der Waals surface area (Å²) in [5.41, 5.74) is 5.45. The van der Waals surface area contributed by atoms with E-state index in [0.717, 1.165) is 12.1 Å². The molecule has 0 aliphatic heterocycles. The van der Waals surface area contributed by atoms with Gasteiger partial charge in [0.15, 0.2) is 17.7 Å². The quantitative estimate of drug-likeness (QED) is 0.888. The summed E-state index contributed by atoms with van der Waals surface area (Å²) in [5, 5.41) is 2.39. The lowest BCUT2D eigenvalue weighted by molar-refractivity contribution is -0.122. The molecule has 1 atom stereocenters. The third-order valence-electron chi connectivity index (χ3n) is 3.01. The Morgan fingerprint density at radius 3 is 2.48 bits per heavy atom. The summed E-state index contributed by atoms with van der Waals surface area (Å²) in [6.45, 7) is 1.45. The van der Waals surface area contributed by atoms with Crippen LogP contribution in [0.4, 0.5) is 14.5 Å². The van der Waals surface area contributed by atoms with Gasteiger partial charge in [-0.25, -0.2) is 8.78 Å². The van der Waals surface area contributed by atoms with Crippen molar-refractivity contribution >= 4 is 17.5 Å². The van der Waals surface area contributed by atoms with E-state index >= 15 is 0 Å². The third kappa shape index (κ3) is 4.03. The van der Waals surface area contributed by atoms with E-state index in [2.05, 4.69) is 5.32 Å². The molecule has 0 spiro atoms.